The predicted octanol–water partition coefficient (Wildman–Crippen LogP) is 3.45. The number of hydrogen-bond donors (Lipinski definition) is 2. The molecular weight excluding hydrogens is 248 g/mol. The molecule has 0 radical (unpaired) electrons. The van der Waals surface area contributed by atoms with E-state index in [0.717, 1.165) is 24.9 Å². The van der Waals surface area contributed by atoms with Crippen molar-refractivity contribution in [3.05, 3.63) is 0 Å². The summed E-state index contributed by atoms with van der Waals surface area (Å²) >= 11 is 0. The number of hydrogen-bond acceptors (Lipinski definition) is 3. The van der Waals surface area contributed by atoms with Gasteiger partial charge in [0, 0.05) is 13.2 Å². The van der Waals surface area contributed by atoms with Crippen LogP contribution in [0.5, 0.6) is 0 Å². The van der Waals surface area contributed by atoms with Crippen LogP contribution >= 0.6 is 0 Å². The van der Waals surface area contributed by atoms with Crippen LogP contribution < -0.4 is 0 Å². The molecule has 0 saturated carbocycles. The minimum Gasteiger partial charge on any atom is -0.455 e. The van der Waals surface area contributed by atoms with Crippen molar-refractivity contribution in [2.45, 2.75) is 66.0 Å². The summed E-state index contributed by atoms with van der Waals surface area (Å²) < 4.78 is 6.28. The van der Waals surface area contributed by atoms with Crippen LogP contribution in [0.15, 0.2) is 0 Å². The van der Waals surface area contributed by atoms with Crippen LogP contribution in [-0.2, 0) is 4.12 Å². The topological polar surface area (TPSA) is 49.7 Å². The van der Waals surface area contributed by atoms with E-state index in [1.807, 2.05) is 0 Å². The Kier molecular flexibility index (Phi) is 13.6. The summed E-state index contributed by atoms with van der Waals surface area (Å²) in [5.74, 6) is 0. The molecule has 0 rings (SSSR count). The third-order valence-corrected chi connectivity index (χ3v) is 9.96. The number of aliphatic hydroxyl groups excluding tert-OH is 2. The van der Waals surface area contributed by atoms with E-state index in [1.165, 1.54) is 0 Å². The second-order valence-corrected chi connectivity index (χ2v) is 14.1. The molecule has 0 aliphatic heterocycles. The molecule has 0 unspecified atom stereocenters. The lowest BCUT2D eigenvalue weighted by Gasteiger charge is -2.34. The van der Waals surface area contributed by atoms with Crippen molar-refractivity contribution in [3.8, 4) is 0 Å². The highest BCUT2D eigenvalue weighted by atomic mass is 28.4. The van der Waals surface area contributed by atoms with Crippen molar-refractivity contribution in [3.63, 3.8) is 0 Å². The number of rotatable bonds is 8. The Morgan fingerprint density at radius 1 is 0.765 bits per heavy atom. The van der Waals surface area contributed by atoms with Crippen LogP contribution in [0.2, 0.25) is 38.3 Å². The van der Waals surface area contributed by atoms with Crippen molar-refractivity contribution < 1.29 is 14.3 Å². The van der Waals surface area contributed by atoms with Gasteiger partial charge >= 0.3 is 0 Å². The maximum atomic E-state index is 8.81. The Morgan fingerprint density at radius 2 is 1.06 bits per heavy atom. The Balaban J connectivity index is -0.000000980. The second kappa shape index (κ2) is 10.3. The number of aliphatic hydroxyl groups is 2. The van der Waals surface area contributed by atoms with Gasteiger partial charge in [-0.15, -0.1) is 0 Å². The normalized spacial score (nSPS) is 11.6. The molecule has 0 spiro atoms. The first-order chi connectivity index (χ1) is 6.83. The molecular formula is C12H34O3Si2. The summed E-state index contributed by atoms with van der Waals surface area (Å²) in [5, 5.41) is 17.6. The van der Waals surface area contributed by atoms with Crippen LogP contribution in [-0.4, -0.2) is 40.1 Å². The molecule has 0 saturated heterocycles. The Hall–Kier alpha value is 0.314. The molecule has 0 aromatic rings. The van der Waals surface area contributed by atoms with Gasteiger partial charge in [0.25, 0.3) is 0 Å². The van der Waals surface area contributed by atoms with E-state index in [-0.39, 0.29) is 28.1 Å². The minimum absolute atomic E-state index is 0. The van der Waals surface area contributed by atoms with E-state index in [1.54, 1.807) is 0 Å². The first kappa shape index (κ1) is 22.5. The lowest BCUT2D eigenvalue weighted by Crippen LogP contribution is -2.44. The fourth-order valence-electron chi connectivity index (χ4n) is 1.86. The van der Waals surface area contributed by atoms with Gasteiger partial charge in [0.2, 0.25) is 0 Å². The Bertz CT molecular complexity index is 155. The van der Waals surface area contributed by atoms with E-state index >= 15 is 0 Å². The third kappa shape index (κ3) is 12.6. The maximum Gasteiger partial charge on any atom is 0.173 e. The van der Waals surface area contributed by atoms with Crippen molar-refractivity contribution in [1.29, 1.82) is 0 Å². The molecule has 0 atom stereocenters. The molecule has 0 heterocycles. The fraction of sp³-hybridized carbons (Fsp3) is 1.00. The van der Waals surface area contributed by atoms with Crippen LogP contribution in [0.1, 0.15) is 27.7 Å². The van der Waals surface area contributed by atoms with Gasteiger partial charge in [0.15, 0.2) is 16.6 Å². The van der Waals surface area contributed by atoms with Gasteiger partial charge in [-0.1, -0.05) is 14.9 Å². The monoisotopic (exact) mass is 282 g/mol. The zero-order chi connectivity index (χ0) is 11.9. The first-order valence-corrected chi connectivity index (χ1v) is 12.0. The van der Waals surface area contributed by atoms with Crippen molar-refractivity contribution >= 4 is 16.6 Å². The molecule has 0 aromatic carbocycles. The van der Waals surface area contributed by atoms with Crippen LogP contribution in [0.3, 0.4) is 0 Å². The van der Waals surface area contributed by atoms with E-state index < -0.39 is 16.6 Å². The molecule has 0 bridgehead atoms. The van der Waals surface area contributed by atoms with E-state index in [0.29, 0.717) is 0 Å². The average Bonchev–Trinajstić information content (AvgIpc) is 2.10. The highest BCUT2D eigenvalue weighted by molar-refractivity contribution is 6.84. The zero-order valence-corrected chi connectivity index (χ0v) is 12.5. The van der Waals surface area contributed by atoms with Crippen LogP contribution in [0, 0.1) is 0 Å². The van der Waals surface area contributed by atoms with Gasteiger partial charge in [-0.3, -0.25) is 0 Å². The largest absolute Gasteiger partial charge is 0.455 e. The van der Waals surface area contributed by atoms with Crippen molar-refractivity contribution in [1.82, 2.24) is 0 Å². The molecule has 3 nitrogen and oxygen atoms in total. The molecule has 0 amide bonds. The molecule has 17 heavy (non-hydrogen) atoms. The third-order valence-electron chi connectivity index (χ3n) is 2.43. The minimum atomic E-state index is -1.59. The van der Waals surface area contributed by atoms with Crippen LogP contribution in [0.25, 0.3) is 0 Å². The lowest BCUT2D eigenvalue weighted by atomic mass is 10.5. The van der Waals surface area contributed by atoms with Gasteiger partial charge in [-0.05, 0) is 51.1 Å². The summed E-state index contributed by atoms with van der Waals surface area (Å²) in [5.41, 5.74) is 0. The average molecular weight is 283 g/mol. The molecule has 0 aliphatic carbocycles. The lowest BCUT2D eigenvalue weighted by molar-refractivity contribution is 0.290. The summed E-state index contributed by atoms with van der Waals surface area (Å²) in [7, 11) is -3.18. The van der Waals surface area contributed by atoms with Gasteiger partial charge in [-0.2, -0.15) is 0 Å². The second-order valence-electron chi connectivity index (χ2n) is 5.28. The van der Waals surface area contributed by atoms with Gasteiger partial charge in [-0.25, -0.2) is 0 Å². The quantitative estimate of drug-likeness (QED) is 0.670. The summed E-state index contributed by atoms with van der Waals surface area (Å²) in [6.07, 6.45) is 1.70. The summed E-state index contributed by atoms with van der Waals surface area (Å²) in [6, 6.07) is 2.05. The van der Waals surface area contributed by atoms with Gasteiger partial charge < -0.3 is 14.3 Å². The molecule has 5 heteroatoms. The zero-order valence-electron chi connectivity index (χ0n) is 10.5. The highest BCUT2D eigenvalue weighted by Gasteiger charge is 2.31. The standard InChI is InChI=1S/C10H26O3Si2.2CH4/c1-14(2,9-5-7-11)13-15(3,4)10-6-8-12;;/h11-12H,5-10H2,1-4H3;2*1H4. The smallest absolute Gasteiger partial charge is 0.173 e. The van der Waals surface area contributed by atoms with Gasteiger partial charge in [0.05, 0.1) is 0 Å². The Morgan fingerprint density at radius 3 is 1.29 bits per heavy atom. The van der Waals surface area contributed by atoms with Crippen molar-refractivity contribution in [2.75, 3.05) is 13.2 Å². The van der Waals surface area contributed by atoms with Crippen LogP contribution in [0.4, 0.5) is 0 Å². The molecule has 108 valence electrons. The SMILES string of the molecule is C.C.C[Si](C)(CCCO)O[Si](C)(C)CCCO. The molecule has 2 N–H and O–H groups in total. The van der Waals surface area contributed by atoms with E-state index in [4.69, 9.17) is 14.3 Å². The van der Waals surface area contributed by atoms with Gasteiger partial charge in [0.1, 0.15) is 0 Å². The van der Waals surface area contributed by atoms with Crippen molar-refractivity contribution in [2.24, 2.45) is 0 Å². The summed E-state index contributed by atoms with van der Waals surface area (Å²) in [4.78, 5) is 0. The summed E-state index contributed by atoms with van der Waals surface area (Å²) in [6.45, 7) is 9.40. The Labute approximate surface area is 110 Å². The highest BCUT2D eigenvalue weighted by Crippen LogP contribution is 2.23. The maximum absolute atomic E-state index is 8.81. The predicted molar refractivity (Wildman–Crippen MR) is 82.5 cm³/mol. The first-order valence-electron chi connectivity index (χ1n) is 5.75. The molecule has 0 fully saturated rings. The van der Waals surface area contributed by atoms with E-state index in [9.17, 15) is 0 Å². The molecule has 0 aliphatic rings. The van der Waals surface area contributed by atoms with E-state index in [2.05, 4.69) is 26.2 Å². The fourth-order valence-corrected chi connectivity index (χ4v) is 10.7. The molecule has 0 aromatic heterocycles.